The Labute approximate surface area is 163 Å². The topological polar surface area (TPSA) is 189 Å². The minimum absolute atomic E-state index is 0.207. The van der Waals surface area contributed by atoms with Crippen molar-refractivity contribution in [1.82, 2.24) is 5.32 Å². The van der Waals surface area contributed by atoms with E-state index in [2.05, 4.69) is 14.8 Å². The Morgan fingerprint density at radius 3 is 2.41 bits per heavy atom. The zero-order valence-corrected chi connectivity index (χ0v) is 15.3. The summed E-state index contributed by atoms with van der Waals surface area (Å²) < 4.78 is 4.48. The van der Waals surface area contributed by atoms with Gasteiger partial charge in [-0.05, 0) is 26.0 Å². The Bertz CT molecular complexity index is 949. The van der Waals surface area contributed by atoms with Crippen LogP contribution in [0, 0.1) is 16.0 Å². The molecule has 12 heteroatoms. The first-order valence-corrected chi connectivity index (χ1v) is 8.26. The number of aliphatic hydroxyl groups is 1. The standard InChI is InChI=1S/C17H16N4O8/c1-8(22)12-14(24)19-17(12,2)7-11(23)13(20-18)16(26)29-15(25)9-3-5-10(6-4-9)21(27)28/h3-6,8,12,22H,7H2,1-2H3,(H,19,24)/t8-,12+,17-/m1/s1. The van der Waals surface area contributed by atoms with Crippen LogP contribution < -0.4 is 5.32 Å². The summed E-state index contributed by atoms with van der Waals surface area (Å²) in [5.41, 5.74) is 6.25. The number of ketones is 1. The van der Waals surface area contributed by atoms with Crippen LogP contribution in [0.3, 0.4) is 0 Å². The molecular weight excluding hydrogens is 388 g/mol. The molecule has 1 aromatic rings. The van der Waals surface area contributed by atoms with Gasteiger partial charge in [-0.1, -0.05) is 0 Å². The van der Waals surface area contributed by atoms with Crippen molar-refractivity contribution in [3.63, 3.8) is 0 Å². The van der Waals surface area contributed by atoms with Crippen LogP contribution in [0.1, 0.15) is 30.6 Å². The number of nitrogens with one attached hydrogen (secondary N) is 1. The van der Waals surface area contributed by atoms with Crippen molar-refractivity contribution in [3.05, 3.63) is 45.5 Å². The fourth-order valence-corrected chi connectivity index (χ4v) is 3.09. The molecule has 0 saturated carbocycles. The summed E-state index contributed by atoms with van der Waals surface area (Å²) in [6, 6.07) is 4.13. The average molecular weight is 404 g/mol. The summed E-state index contributed by atoms with van der Waals surface area (Å²) in [5.74, 6) is -5.17. The molecule has 1 fully saturated rings. The third-order valence-electron chi connectivity index (χ3n) is 4.44. The van der Waals surface area contributed by atoms with Crippen molar-refractivity contribution >= 4 is 35.0 Å². The number of Topliss-reactive ketones (excluding diaryl/α,β-unsaturated/α-hetero) is 1. The average Bonchev–Trinajstić information content (AvgIpc) is 2.60. The molecule has 152 valence electrons. The van der Waals surface area contributed by atoms with Crippen LogP contribution in [0.4, 0.5) is 5.69 Å². The molecule has 0 radical (unpaired) electrons. The summed E-state index contributed by atoms with van der Waals surface area (Å²) >= 11 is 0. The molecule has 1 aliphatic heterocycles. The molecule has 29 heavy (non-hydrogen) atoms. The predicted molar refractivity (Wildman–Crippen MR) is 93.5 cm³/mol. The van der Waals surface area contributed by atoms with Crippen molar-refractivity contribution in [3.8, 4) is 0 Å². The van der Waals surface area contributed by atoms with Crippen LogP contribution in [-0.4, -0.2) is 55.8 Å². The largest absolute Gasteiger partial charge is 0.442 e. The fraction of sp³-hybridized carbons (Fsp3) is 0.353. The minimum Gasteiger partial charge on any atom is -0.392 e. The summed E-state index contributed by atoms with van der Waals surface area (Å²) in [7, 11) is 0. The van der Waals surface area contributed by atoms with E-state index in [1.807, 2.05) is 0 Å². The number of benzene rings is 1. The Balaban J connectivity index is 2.07. The number of ether oxygens (including phenoxy) is 1. The third-order valence-corrected chi connectivity index (χ3v) is 4.44. The van der Waals surface area contributed by atoms with Crippen LogP contribution in [0.5, 0.6) is 0 Å². The molecule has 1 aliphatic rings. The van der Waals surface area contributed by atoms with E-state index in [1.165, 1.54) is 13.8 Å². The molecule has 12 nitrogen and oxygen atoms in total. The van der Waals surface area contributed by atoms with Gasteiger partial charge in [-0.2, -0.15) is 4.79 Å². The first kappa shape index (κ1) is 21.5. The van der Waals surface area contributed by atoms with Crippen LogP contribution in [0.2, 0.25) is 0 Å². The third kappa shape index (κ3) is 4.39. The maximum Gasteiger partial charge on any atom is 0.442 e. The Hall–Kier alpha value is -3.76. The van der Waals surface area contributed by atoms with Gasteiger partial charge in [0.15, 0.2) is 0 Å². The van der Waals surface area contributed by atoms with Gasteiger partial charge in [0.2, 0.25) is 5.91 Å². The second kappa shape index (κ2) is 8.09. The molecule has 0 unspecified atom stereocenters. The van der Waals surface area contributed by atoms with E-state index in [0.717, 1.165) is 24.3 Å². The first-order valence-electron chi connectivity index (χ1n) is 8.26. The van der Waals surface area contributed by atoms with E-state index in [-0.39, 0.29) is 11.3 Å². The summed E-state index contributed by atoms with van der Waals surface area (Å²) in [6.07, 6.45) is -1.55. The van der Waals surface area contributed by atoms with Gasteiger partial charge in [0.1, 0.15) is 0 Å². The van der Waals surface area contributed by atoms with Gasteiger partial charge in [-0.15, -0.1) is 0 Å². The van der Waals surface area contributed by atoms with Crippen molar-refractivity contribution in [2.45, 2.75) is 31.9 Å². The number of nitro benzene ring substituents is 1. The molecule has 1 aromatic carbocycles. The number of aliphatic hydroxyl groups excluding tert-OH is 1. The summed E-state index contributed by atoms with van der Waals surface area (Å²) in [4.78, 5) is 60.4. The van der Waals surface area contributed by atoms with Gasteiger partial charge in [0.25, 0.3) is 11.5 Å². The SMILES string of the molecule is C[C@@H](O)[C@H]1C(=O)N[C@]1(C)CC(=O)C(=[N+]=[N-])C(=O)OC(=O)c1ccc([N+](=O)[O-])cc1. The Morgan fingerprint density at radius 1 is 1.38 bits per heavy atom. The number of esters is 2. The monoisotopic (exact) mass is 404 g/mol. The molecular formula is C17H16N4O8. The van der Waals surface area contributed by atoms with E-state index < -0.39 is 58.2 Å². The maximum absolute atomic E-state index is 12.3. The lowest BCUT2D eigenvalue weighted by Crippen LogP contribution is -2.71. The number of carbonyl (C=O) groups is 4. The lowest BCUT2D eigenvalue weighted by Gasteiger charge is -2.47. The zero-order valence-electron chi connectivity index (χ0n) is 15.3. The van der Waals surface area contributed by atoms with E-state index in [0.29, 0.717) is 0 Å². The van der Waals surface area contributed by atoms with Gasteiger partial charge >= 0.3 is 17.7 Å². The van der Waals surface area contributed by atoms with Crippen molar-refractivity contribution < 1.29 is 38.7 Å². The second-order valence-electron chi connectivity index (χ2n) is 6.65. The highest BCUT2D eigenvalue weighted by Gasteiger charge is 2.54. The Morgan fingerprint density at radius 2 is 1.97 bits per heavy atom. The molecule has 0 spiro atoms. The first-order chi connectivity index (χ1) is 13.5. The highest BCUT2D eigenvalue weighted by atomic mass is 16.6. The highest BCUT2D eigenvalue weighted by Crippen LogP contribution is 2.33. The lowest BCUT2D eigenvalue weighted by atomic mass is 9.71. The quantitative estimate of drug-likeness (QED) is 0.0912. The molecule has 2 N–H and O–H groups in total. The summed E-state index contributed by atoms with van der Waals surface area (Å²) in [6.45, 7) is 2.83. The molecule has 0 bridgehead atoms. The number of rotatable bonds is 7. The van der Waals surface area contributed by atoms with Crippen molar-refractivity contribution in [1.29, 1.82) is 0 Å². The Kier molecular flexibility index (Phi) is 6.01. The van der Waals surface area contributed by atoms with Crippen LogP contribution in [0.15, 0.2) is 24.3 Å². The van der Waals surface area contributed by atoms with E-state index in [1.54, 1.807) is 0 Å². The van der Waals surface area contributed by atoms with Crippen molar-refractivity contribution in [2.24, 2.45) is 5.92 Å². The molecule has 0 aromatic heterocycles. The molecule has 1 heterocycles. The number of nitrogens with zero attached hydrogens (tertiary/aromatic N) is 3. The highest BCUT2D eigenvalue weighted by molar-refractivity contribution is 6.63. The lowest BCUT2D eigenvalue weighted by molar-refractivity contribution is -0.384. The molecule has 2 rings (SSSR count). The van der Waals surface area contributed by atoms with Gasteiger partial charge < -0.3 is 20.7 Å². The van der Waals surface area contributed by atoms with E-state index in [4.69, 9.17) is 5.53 Å². The van der Waals surface area contributed by atoms with Gasteiger partial charge in [-0.25, -0.2) is 9.59 Å². The van der Waals surface area contributed by atoms with Crippen LogP contribution in [0.25, 0.3) is 5.53 Å². The minimum atomic E-state index is -1.54. The second-order valence-corrected chi connectivity index (χ2v) is 6.65. The number of nitro groups is 1. The molecule has 1 saturated heterocycles. The van der Waals surface area contributed by atoms with E-state index in [9.17, 15) is 34.4 Å². The molecule has 0 aliphatic carbocycles. The molecule has 1 amide bonds. The number of amides is 1. The number of hydrogen-bond acceptors (Lipinski definition) is 8. The number of β-lactam (4-membered cyclic amide) rings is 1. The summed E-state index contributed by atoms with van der Waals surface area (Å²) in [5, 5.41) is 22.7. The smallest absolute Gasteiger partial charge is 0.392 e. The normalized spacial score (nSPS) is 21.1. The molecule has 3 atom stereocenters. The maximum atomic E-state index is 12.3. The van der Waals surface area contributed by atoms with Gasteiger partial charge in [0.05, 0.1) is 28.0 Å². The number of non-ortho nitro benzene ring substituents is 1. The van der Waals surface area contributed by atoms with Gasteiger partial charge in [-0.3, -0.25) is 19.7 Å². The fourth-order valence-electron chi connectivity index (χ4n) is 3.09. The predicted octanol–water partition coefficient (Wildman–Crippen LogP) is -0.206. The van der Waals surface area contributed by atoms with E-state index >= 15 is 0 Å². The van der Waals surface area contributed by atoms with Gasteiger partial charge in [0, 0.05) is 18.6 Å². The zero-order chi connectivity index (χ0) is 21.9. The number of carbonyl (C=O) groups excluding carboxylic acids is 4. The number of hydrogen-bond donors (Lipinski definition) is 2. The van der Waals surface area contributed by atoms with Crippen LogP contribution >= 0.6 is 0 Å². The van der Waals surface area contributed by atoms with Crippen LogP contribution in [-0.2, 0) is 19.1 Å². The van der Waals surface area contributed by atoms with Crippen molar-refractivity contribution in [2.75, 3.05) is 0 Å².